The second kappa shape index (κ2) is 4.20. The second-order valence-electron chi connectivity index (χ2n) is 5.75. The molecular weight excluding hydrogens is 196 g/mol. The van der Waals surface area contributed by atoms with Crippen LogP contribution in [-0.4, -0.2) is 5.78 Å². The fraction of sp³-hybridized carbons (Fsp3) is 0.667. The molecule has 1 nitrogen and oxygen atoms in total. The summed E-state index contributed by atoms with van der Waals surface area (Å²) < 4.78 is 0. The lowest BCUT2D eigenvalue weighted by Crippen LogP contribution is -2.36. The summed E-state index contributed by atoms with van der Waals surface area (Å²) in [6.45, 7) is 8.71. The van der Waals surface area contributed by atoms with Gasteiger partial charge < -0.3 is 0 Å². The van der Waals surface area contributed by atoms with E-state index in [1.165, 1.54) is 29.6 Å². The zero-order valence-corrected chi connectivity index (χ0v) is 10.8. The molecule has 0 aromatic heterocycles. The van der Waals surface area contributed by atoms with Crippen LogP contribution in [0.3, 0.4) is 0 Å². The third-order valence-corrected chi connectivity index (χ3v) is 4.20. The molecule has 0 N–H and O–H groups in total. The van der Waals surface area contributed by atoms with E-state index < -0.39 is 0 Å². The Morgan fingerprint density at radius 1 is 1.38 bits per heavy atom. The topological polar surface area (TPSA) is 17.1 Å². The minimum Gasteiger partial charge on any atom is -0.299 e. The Morgan fingerprint density at radius 2 is 2.06 bits per heavy atom. The van der Waals surface area contributed by atoms with Gasteiger partial charge in [-0.1, -0.05) is 29.7 Å². The van der Waals surface area contributed by atoms with Crippen LogP contribution in [0.5, 0.6) is 0 Å². The number of hydrogen-bond acceptors (Lipinski definition) is 1. The Hall–Kier alpha value is -0.850. The number of allylic oxidation sites excluding steroid dienone is 4. The smallest absolute Gasteiger partial charge is 0.141 e. The van der Waals surface area contributed by atoms with Crippen molar-refractivity contribution in [1.82, 2.24) is 0 Å². The largest absolute Gasteiger partial charge is 0.299 e. The average Bonchev–Trinajstić information content (AvgIpc) is 2.15. The molecule has 2 aliphatic rings. The number of carbonyl (C=O) groups excluding carboxylic acids is 1. The molecule has 0 aliphatic heterocycles. The van der Waals surface area contributed by atoms with Crippen molar-refractivity contribution in [2.24, 2.45) is 17.8 Å². The average molecular weight is 218 g/mol. The number of ketones is 1. The maximum Gasteiger partial charge on any atom is 0.141 e. The summed E-state index contributed by atoms with van der Waals surface area (Å²) in [5.74, 6) is 1.71. The first-order valence-electron chi connectivity index (χ1n) is 6.37. The van der Waals surface area contributed by atoms with Crippen LogP contribution in [-0.2, 0) is 4.79 Å². The van der Waals surface area contributed by atoms with Crippen molar-refractivity contribution in [3.63, 3.8) is 0 Å². The Labute approximate surface area is 98.6 Å². The van der Waals surface area contributed by atoms with E-state index in [2.05, 4.69) is 33.8 Å². The molecule has 0 amide bonds. The molecule has 0 bridgehead atoms. The first kappa shape index (κ1) is 11.6. The van der Waals surface area contributed by atoms with Gasteiger partial charge in [0.25, 0.3) is 0 Å². The van der Waals surface area contributed by atoms with Crippen molar-refractivity contribution >= 4 is 5.78 Å². The molecule has 88 valence electrons. The van der Waals surface area contributed by atoms with Crippen LogP contribution in [0.4, 0.5) is 0 Å². The molecule has 0 saturated heterocycles. The monoisotopic (exact) mass is 218 g/mol. The highest BCUT2D eigenvalue weighted by atomic mass is 16.1. The van der Waals surface area contributed by atoms with Crippen molar-refractivity contribution < 1.29 is 4.79 Å². The lowest BCUT2D eigenvalue weighted by atomic mass is 9.64. The minimum atomic E-state index is 0.266. The number of hydrogen-bond donors (Lipinski definition) is 0. The SMILES string of the molecule is CC1=C[C@H]2C(=C(C)C)CC[C@H](C)[C@H]2C(=O)C1. The molecule has 0 aromatic rings. The van der Waals surface area contributed by atoms with Gasteiger partial charge in [0, 0.05) is 18.3 Å². The predicted molar refractivity (Wildman–Crippen MR) is 67.1 cm³/mol. The van der Waals surface area contributed by atoms with E-state index >= 15 is 0 Å². The summed E-state index contributed by atoms with van der Waals surface area (Å²) in [6.07, 6.45) is 5.40. The quantitative estimate of drug-likeness (QED) is 0.563. The van der Waals surface area contributed by atoms with Crippen molar-refractivity contribution in [2.75, 3.05) is 0 Å². The summed E-state index contributed by atoms with van der Waals surface area (Å²) >= 11 is 0. The molecule has 0 radical (unpaired) electrons. The third kappa shape index (κ3) is 1.88. The summed E-state index contributed by atoms with van der Waals surface area (Å²) in [4.78, 5) is 12.2. The van der Waals surface area contributed by atoms with Crippen molar-refractivity contribution in [1.29, 1.82) is 0 Å². The first-order chi connectivity index (χ1) is 7.50. The van der Waals surface area contributed by atoms with Gasteiger partial charge in [-0.05, 0) is 39.5 Å². The summed E-state index contributed by atoms with van der Waals surface area (Å²) in [5, 5.41) is 0. The van der Waals surface area contributed by atoms with E-state index in [1.807, 2.05) is 0 Å². The van der Waals surface area contributed by atoms with Gasteiger partial charge >= 0.3 is 0 Å². The lowest BCUT2D eigenvalue weighted by Gasteiger charge is -2.39. The maximum absolute atomic E-state index is 12.2. The Balaban J connectivity index is 2.43. The molecule has 16 heavy (non-hydrogen) atoms. The van der Waals surface area contributed by atoms with Crippen LogP contribution in [0.15, 0.2) is 22.8 Å². The fourth-order valence-corrected chi connectivity index (χ4v) is 3.36. The second-order valence-corrected chi connectivity index (χ2v) is 5.75. The highest BCUT2D eigenvalue weighted by molar-refractivity contribution is 5.86. The van der Waals surface area contributed by atoms with Gasteiger partial charge in [-0.2, -0.15) is 0 Å². The van der Waals surface area contributed by atoms with E-state index in [9.17, 15) is 4.79 Å². The molecule has 2 rings (SSSR count). The first-order valence-corrected chi connectivity index (χ1v) is 6.37. The zero-order valence-electron chi connectivity index (χ0n) is 10.8. The van der Waals surface area contributed by atoms with Gasteiger partial charge in [-0.15, -0.1) is 0 Å². The van der Waals surface area contributed by atoms with Crippen LogP contribution < -0.4 is 0 Å². The number of rotatable bonds is 0. The fourth-order valence-electron chi connectivity index (χ4n) is 3.36. The molecule has 1 heteroatoms. The molecule has 3 atom stereocenters. The van der Waals surface area contributed by atoms with Gasteiger partial charge in [0.05, 0.1) is 0 Å². The molecule has 2 aliphatic carbocycles. The Kier molecular flexibility index (Phi) is 3.05. The number of fused-ring (bicyclic) bond motifs is 1. The summed E-state index contributed by atoms with van der Waals surface area (Å²) in [7, 11) is 0. The van der Waals surface area contributed by atoms with Gasteiger partial charge in [0.15, 0.2) is 0 Å². The van der Waals surface area contributed by atoms with Crippen molar-refractivity contribution in [3.8, 4) is 0 Å². The Bertz CT molecular complexity index is 369. The molecule has 1 saturated carbocycles. The van der Waals surface area contributed by atoms with E-state index in [0.717, 1.165) is 0 Å². The zero-order chi connectivity index (χ0) is 11.9. The molecule has 0 unspecified atom stereocenters. The minimum absolute atomic E-state index is 0.266. The standard InChI is InChI=1S/C15H22O/c1-9(2)12-6-5-11(4)15-13(12)7-10(3)8-14(15)16/h7,11,13,15H,5-6,8H2,1-4H3/t11-,13-,15+/m0/s1. The van der Waals surface area contributed by atoms with E-state index in [0.29, 0.717) is 24.0 Å². The molecule has 1 fully saturated rings. The third-order valence-electron chi connectivity index (χ3n) is 4.20. The highest BCUT2D eigenvalue weighted by Gasteiger charge is 2.39. The number of carbonyl (C=O) groups is 1. The molecule has 0 aromatic carbocycles. The maximum atomic E-state index is 12.2. The Morgan fingerprint density at radius 3 is 2.69 bits per heavy atom. The van der Waals surface area contributed by atoms with Crippen LogP contribution in [0.2, 0.25) is 0 Å². The summed E-state index contributed by atoms with van der Waals surface area (Å²) in [5.41, 5.74) is 4.20. The predicted octanol–water partition coefficient (Wildman–Crippen LogP) is 3.90. The van der Waals surface area contributed by atoms with E-state index in [1.54, 1.807) is 0 Å². The van der Waals surface area contributed by atoms with Gasteiger partial charge in [0.1, 0.15) is 5.78 Å². The lowest BCUT2D eigenvalue weighted by molar-refractivity contribution is -0.125. The summed E-state index contributed by atoms with van der Waals surface area (Å²) in [6, 6.07) is 0. The van der Waals surface area contributed by atoms with Crippen molar-refractivity contribution in [3.05, 3.63) is 22.8 Å². The van der Waals surface area contributed by atoms with Crippen LogP contribution in [0.1, 0.15) is 47.0 Å². The van der Waals surface area contributed by atoms with Crippen LogP contribution in [0, 0.1) is 17.8 Å². The number of Topliss-reactive ketones (excluding diaryl/α,β-unsaturated/α-hetero) is 1. The normalized spacial score (nSPS) is 34.5. The van der Waals surface area contributed by atoms with Crippen LogP contribution in [0.25, 0.3) is 0 Å². The molecule has 0 heterocycles. The highest BCUT2D eigenvalue weighted by Crippen LogP contribution is 2.44. The van der Waals surface area contributed by atoms with Gasteiger partial charge in [-0.25, -0.2) is 0 Å². The van der Waals surface area contributed by atoms with E-state index in [-0.39, 0.29) is 5.92 Å². The van der Waals surface area contributed by atoms with Crippen LogP contribution >= 0.6 is 0 Å². The van der Waals surface area contributed by atoms with E-state index in [4.69, 9.17) is 0 Å². The molecule has 0 spiro atoms. The van der Waals surface area contributed by atoms with Gasteiger partial charge in [-0.3, -0.25) is 4.79 Å². The molecular formula is C15H22O. The van der Waals surface area contributed by atoms with Crippen molar-refractivity contribution in [2.45, 2.75) is 47.0 Å². The van der Waals surface area contributed by atoms with Gasteiger partial charge in [0.2, 0.25) is 0 Å².